The lowest BCUT2D eigenvalue weighted by atomic mass is 9.90. The van der Waals surface area contributed by atoms with Gasteiger partial charge < -0.3 is 4.90 Å². The minimum Gasteiger partial charge on any atom is -0.302 e. The van der Waals surface area contributed by atoms with Crippen LogP contribution in [0.5, 0.6) is 0 Å². The van der Waals surface area contributed by atoms with Crippen LogP contribution in [0.25, 0.3) is 0 Å². The quantitative estimate of drug-likeness (QED) is 0.762. The largest absolute Gasteiger partial charge is 0.302 e. The van der Waals surface area contributed by atoms with E-state index in [4.69, 9.17) is 11.6 Å². The molecule has 1 aliphatic rings. The lowest BCUT2D eigenvalue weighted by Gasteiger charge is -2.23. The van der Waals surface area contributed by atoms with Crippen molar-refractivity contribution < 1.29 is 4.79 Å². The normalized spacial score (nSPS) is 16.6. The van der Waals surface area contributed by atoms with E-state index in [1.54, 1.807) is 12.1 Å². The Kier molecular flexibility index (Phi) is 4.91. The molecule has 114 valence electrons. The number of hydrogen-bond acceptors (Lipinski definition) is 2. The number of carbonyl (C=O) groups excluding carboxylic acids is 1. The van der Waals surface area contributed by atoms with E-state index in [-0.39, 0.29) is 11.7 Å². The maximum absolute atomic E-state index is 13.0. The Morgan fingerprint density at radius 2 is 1.64 bits per heavy atom. The average molecular weight is 314 g/mol. The second kappa shape index (κ2) is 7.08. The average Bonchev–Trinajstić information content (AvgIpc) is 3.07. The minimum absolute atomic E-state index is 0.111. The number of ketones is 1. The van der Waals surface area contributed by atoms with E-state index in [0.717, 1.165) is 30.8 Å². The van der Waals surface area contributed by atoms with Gasteiger partial charge in [-0.25, -0.2) is 0 Å². The predicted octanol–water partition coefficient (Wildman–Crippen LogP) is 4.40. The zero-order chi connectivity index (χ0) is 15.4. The number of benzene rings is 2. The molecule has 0 radical (unpaired) electrons. The number of rotatable bonds is 5. The van der Waals surface area contributed by atoms with Gasteiger partial charge in [0.25, 0.3) is 0 Å². The van der Waals surface area contributed by atoms with Crippen LogP contribution in [0.1, 0.15) is 34.7 Å². The number of hydrogen-bond donors (Lipinski definition) is 0. The summed E-state index contributed by atoms with van der Waals surface area (Å²) in [5.74, 6) is 0.0650. The van der Waals surface area contributed by atoms with Crippen molar-refractivity contribution in [3.05, 3.63) is 70.7 Å². The molecule has 1 saturated heterocycles. The first kappa shape index (κ1) is 15.3. The van der Waals surface area contributed by atoms with Gasteiger partial charge in [-0.3, -0.25) is 4.79 Å². The Bertz CT molecular complexity index is 618. The number of nitrogens with zero attached hydrogens (tertiary/aromatic N) is 1. The van der Waals surface area contributed by atoms with Crippen molar-refractivity contribution in [2.24, 2.45) is 0 Å². The molecule has 1 atom stereocenters. The first-order chi connectivity index (χ1) is 10.7. The molecule has 0 aromatic heterocycles. The Morgan fingerprint density at radius 3 is 2.27 bits per heavy atom. The zero-order valence-electron chi connectivity index (χ0n) is 12.5. The van der Waals surface area contributed by atoms with E-state index in [2.05, 4.69) is 17.0 Å². The predicted molar refractivity (Wildman–Crippen MR) is 90.6 cm³/mol. The fourth-order valence-electron chi connectivity index (χ4n) is 3.06. The van der Waals surface area contributed by atoms with Crippen molar-refractivity contribution in [3.8, 4) is 0 Å². The summed E-state index contributed by atoms with van der Waals surface area (Å²) >= 11 is 5.93. The fraction of sp³-hybridized carbons (Fsp3) is 0.316. The van der Waals surface area contributed by atoms with E-state index in [1.807, 2.05) is 30.3 Å². The minimum atomic E-state index is -0.111. The van der Waals surface area contributed by atoms with Crippen molar-refractivity contribution in [2.45, 2.75) is 18.8 Å². The Labute approximate surface area is 136 Å². The number of likely N-dealkylation sites (tertiary alicyclic amines) is 1. The molecule has 0 spiro atoms. The van der Waals surface area contributed by atoms with Crippen molar-refractivity contribution in [2.75, 3.05) is 19.6 Å². The molecule has 0 N–H and O–H groups in total. The molecule has 2 nitrogen and oxygen atoms in total. The monoisotopic (exact) mass is 313 g/mol. The third-order valence-corrected chi connectivity index (χ3v) is 4.54. The summed E-state index contributed by atoms with van der Waals surface area (Å²) in [5, 5.41) is 0.660. The van der Waals surface area contributed by atoms with Crippen LogP contribution in [0.15, 0.2) is 54.6 Å². The van der Waals surface area contributed by atoms with Crippen LogP contribution in [0.3, 0.4) is 0 Å². The third kappa shape index (κ3) is 3.57. The lowest BCUT2D eigenvalue weighted by Crippen LogP contribution is -2.30. The van der Waals surface area contributed by atoms with Crippen molar-refractivity contribution >= 4 is 17.4 Å². The summed E-state index contributed by atoms with van der Waals surface area (Å²) in [6.07, 6.45) is 2.47. The Morgan fingerprint density at radius 1 is 1.00 bits per heavy atom. The molecule has 0 unspecified atom stereocenters. The standard InChI is InChI=1S/C19H20ClNO/c20-17-10-8-16(9-11-17)19(22)18(14-21-12-4-5-13-21)15-6-2-1-3-7-15/h1-3,6-11,18H,4-5,12-14H2/t18-/m0/s1. The van der Waals surface area contributed by atoms with Gasteiger partial charge in [0.05, 0.1) is 5.92 Å². The molecule has 0 amide bonds. The summed E-state index contributed by atoms with van der Waals surface area (Å²) in [4.78, 5) is 15.4. The SMILES string of the molecule is O=C(c1ccc(Cl)cc1)[C@@H](CN1CCCC1)c1ccccc1. The Balaban J connectivity index is 1.86. The van der Waals surface area contributed by atoms with E-state index in [0.29, 0.717) is 5.02 Å². The van der Waals surface area contributed by atoms with Gasteiger partial charge in [-0.1, -0.05) is 41.9 Å². The second-order valence-corrected chi connectivity index (χ2v) is 6.28. The zero-order valence-corrected chi connectivity index (χ0v) is 13.3. The van der Waals surface area contributed by atoms with Crippen molar-refractivity contribution in [1.29, 1.82) is 0 Å². The third-order valence-electron chi connectivity index (χ3n) is 4.29. The van der Waals surface area contributed by atoms with Crippen LogP contribution >= 0.6 is 11.6 Å². The van der Waals surface area contributed by atoms with Gasteiger partial charge >= 0.3 is 0 Å². The number of carbonyl (C=O) groups is 1. The molecule has 2 aromatic rings. The van der Waals surface area contributed by atoms with E-state index < -0.39 is 0 Å². The molecule has 3 rings (SSSR count). The van der Waals surface area contributed by atoms with Crippen molar-refractivity contribution in [1.82, 2.24) is 4.90 Å². The second-order valence-electron chi connectivity index (χ2n) is 5.84. The summed E-state index contributed by atoms with van der Waals surface area (Å²) in [6.45, 7) is 2.99. The number of Topliss-reactive ketones (excluding diaryl/α,β-unsaturated/α-hetero) is 1. The first-order valence-corrected chi connectivity index (χ1v) is 8.19. The van der Waals surface area contributed by atoms with Crippen LogP contribution in [0.2, 0.25) is 5.02 Å². The molecule has 1 heterocycles. The maximum Gasteiger partial charge on any atom is 0.171 e. The molecular formula is C19H20ClNO. The van der Waals surface area contributed by atoms with Crippen LogP contribution in [0, 0.1) is 0 Å². The van der Waals surface area contributed by atoms with Crippen LogP contribution in [-0.2, 0) is 0 Å². The van der Waals surface area contributed by atoms with E-state index >= 15 is 0 Å². The van der Waals surface area contributed by atoms with Crippen LogP contribution in [0.4, 0.5) is 0 Å². The topological polar surface area (TPSA) is 20.3 Å². The van der Waals surface area contributed by atoms with E-state index in [1.165, 1.54) is 12.8 Å². The highest BCUT2D eigenvalue weighted by atomic mass is 35.5. The molecule has 0 aliphatic carbocycles. The molecular weight excluding hydrogens is 294 g/mol. The molecule has 0 saturated carbocycles. The van der Waals surface area contributed by atoms with Crippen LogP contribution < -0.4 is 0 Å². The van der Waals surface area contributed by atoms with Gasteiger partial charge in [0.1, 0.15) is 0 Å². The summed E-state index contributed by atoms with van der Waals surface area (Å²) in [7, 11) is 0. The smallest absolute Gasteiger partial charge is 0.171 e. The van der Waals surface area contributed by atoms with Gasteiger partial charge in [-0.2, -0.15) is 0 Å². The van der Waals surface area contributed by atoms with Gasteiger partial charge in [-0.05, 0) is 55.8 Å². The molecule has 0 bridgehead atoms. The van der Waals surface area contributed by atoms with Gasteiger partial charge in [0.2, 0.25) is 0 Å². The summed E-state index contributed by atoms with van der Waals surface area (Å²) < 4.78 is 0. The highest BCUT2D eigenvalue weighted by Gasteiger charge is 2.25. The van der Waals surface area contributed by atoms with Crippen LogP contribution in [-0.4, -0.2) is 30.3 Å². The van der Waals surface area contributed by atoms with Crippen molar-refractivity contribution in [3.63, 3.8) is 0 Å². The molecule has 2 aromatic carbocycles. The first-order valence-electron chi connectivity index (χ1n) is 7.81. The number of halogens is 1. The highest BCUT2D eigenvalue weighted by Crippen LogP contribution is 2.24. The van der Waals surface area contributed by atoms with E-state index in [9.17, 15) is 4.79 Å². The fourth-order valence-corrected chi connectivity index (χ4v) is 3.19. The molecule has 22 heavy (non-hydrogen) atoms. The molecule has 1 fully saturated rings. The molecule has 3 heteroatoms. The summed E-state index contributed by atoms with van der Waals surface area (Å²) in [5.41, 5.74) is 1.83. The van der Waals surface area contributed by atoms with Gasteiger partial charge in [0, 0.05) is 17.1 Å². The summed E-state index contributed by atoms with van der Waals surface area (Å²) in [6, 6.07) is 17.3. The molecule has 1 aliphatic heterocycles. The highest BCUT2D eigenvalue weighted by molar-refractivity contribution is 6.30. The maximum atomic E-state index is 13.0. The van der Waals surface area contributed by atoms with Gasteiger partial charge in [-0.15, -0.1) is 0 Å². The lowest BCUT2D eigenvalue weighted by molar-refractivity contribution is 0.0939. The Hall–Kier alpha value is -1.64. The van der Waals surface area contributed by atoms with Gasteiger partial charge in [0.15, 0.2) is 5.78 Å².